The molecule has 2 heterocycles. The quantitative estimate of drug-likeness (QED) is 0.550. The first kappa shape index (κ1) is 19.1. The molecule has 2 aliphatic heterocycles. The highest BCUT2D eigenvalue weighted by Gasteiger charge is 2.33. The Labute approximate surface area is 164 Å². The molecule has 9 heteroatoms. The lowest BCUT2D eigenvalue weighted by molar-refractivity contribution is -0.123. The normalized spacial score (nSPS) is 20.2. The molecule has 8 nitrogen and oxygen atoms in total. The number of aromatic carboxylic acids is 1. The number of aryl methyl sites for hydroxylation is 1. The van der Waals surface area contributed by atoms with E-state index in [0.29, 0.717) is 43.6 Å². The number of rotatable bonds is 8. The predicted octanol–water partition coefficient (Wildman–Crippen LogP) is 0.274. The Morgan fingerprint density at radius 1 is 1.39 bits per heavy atom. The number of nitrogens with one attached hydrogen (secondary N) is 1. The molecule has 1 atom stereocenters. The zero-order valence-corrected chi connectivity index (χ0v) is 15.7. The summed E-state index contributed by atoms with van der Waals surface area (Å²) in [6.45, 7) is 2.39. The van der Waals surface area contributed by atoms with Gasteiger partial charge in [0.05, 0.1) is 6.04 Å². The lowest BCUT2D eigenvalue weighted by Crippen LogP contribution is -2.59. The highest BCUT2D eigenvalue weighted by Crippen LogP contribution is 2.36. The Hall–Kier alpha value is -2.26. The van der Waals surface area contributed by atoms with E-state index in [-0.39, 0.29) is 17.6 Å². The average molecular weight is 386 g/mol. The van der Waals surface area contributed by atoms with Gasteiger partial charge in [0.2, 0.25) is 5.91 Å². The summed E-state index contributed by atoms with van der Waals surface area (Å²) < 4.78 is 11.4. The maximum absolute atomic E-state index is 12.0. The summed E-state index contributed by atoms with van der Waals surface area (Å²) in [5, 5.41) is 12.5. The Morgan fingerprint density at radius 2 is 2.18 bits per heavy atom. The minimum Gasteiger partial charge on any atom is -0.562 e. The number of benzene rings is 1. The summed E-state index contributed by atoms with van der Waals surface area (Å²) in [5.74, 6) is 0.138. The fourth-order valence-electron chi connectivity index (χ4n) is 3.58. The van der Waals surface area contributed by atoms with Gasteiger partial charge in [0.1, 0.15) is 23.2 Å². The van der Waals surface area contributed by atoms with Crippen molar-refractivity contribution in [3.63, 3.8) is 0 Å². The van der Waals surface area contributed by atoms with E-state index in [2.05, 4.69) is 5.32 Å². The van der Waals surface area contributed by atoms with Crippen LogP contribution in [0.2, 0.25) is 6.32 Å². The molecule has 0 unspecified atom stereocenters. The average Bonchev–Trinajstić information content (AvgIpc) is 3.48. The van der Waals surface area contributed by atoms with Gasteiger partial charge in [-0.05, 0) is 43.1 Å². The summed E-state index contributed by atoms with van der Waals surface area (Å²) in [6, 6.07) is 3.00. The van der Waals surface area contributed by atoms with Crippen LogP contribution in [0.1, 0.15) is 28.8 Å². The topological polar surface area (TPSA) is 114 Å². The SMILES string of the molecule is N[C@H](CN1CC(Oc2ccc3c(c2C(=O)O)O[B]CC3)C1)C(=O)NCC1CC1. The summed E-state index contributed by atoms with van der Waals surface area (Å²) in [4.78, 5) is 25.8. The van der Waals surface area contributed by atoms with E-state index in [9.17, 15) is 14.7 Å². The van der Waals surface area contributed by atoms with Crippen LogP contribution in [-0.4, -0.2) is 67.7 Å². The molecular weight excluding hydrogens is 361 g/mol. The molecule has 3 aliphatic rings. The van der Waals surface area contributed by atoms with Crippen LogP contribution in [0, 0.1) is 5.92 Å². The lowest BCUT2D eigenvalue weighted by Gasteiger charge is -2.40. The molecule has 1 amide bonds. The molecule has 1 radical (unpaired) electrons. The van der Waals surface area contributed by atoms with Gasteiger partial charge in [0, 0.05) is 26.2 Å². The van der Waals surface area contributed by atoms with Gasteiger partial charge in [0.15, 0.2) is 0 Å². The second-order valence-corrected chi connectivity index (χ2v) is 7.81. The van der Waals surface area contributed by atoms with Crippen LogP contribution < -0.4 is 20.4 Å². The molecule has 2 fully saturated rings. The van der Waals surface area contributed by atoms with Crippen LogP contribution in [0.4, 0.5) is 0 Å². The van der Waals surface area contributed by atoms with Crippen molar-refractivity contribution in [3.05, 3.63) is 23.3 Å². The third-order valence-corrected chi connectivity index (χ3v) is 5.42. The highest BCUT2D eigenvalue weighted by molar-refractivity contribution is 6.29. The summed E-state index contributed by atoms with van der Waals surface area (Å²) in [6.07, 6.45) is 3.76. The number of likely N-dealkylation sites (tertiary alicyclic amines) is 1. The standard InChI is InChI=1S/C19H25BN3O5/c21-14(18(24)22-7-11-1-2-11)10-23-8-13(9-23)27-15-4-3-12-5-6-20-28-17(12)16(15)19(25)26/h3-4,11,13-14H,1-2,5-10,21H2,(H,22,24)(H,25,26)/t14-/m1/s1. The molecule has 28 heavy (non-hydrogen) atoms. The van der Waals surface area contributed by atoms with Gasteiger partial charge < -0.3 is 25.5 Å². The number of ether oxygens (including phenoxy) is 1. The fraction of sp³-hybridized carbons (Fsp3) is 0.579. The van der Waals surface area contributed by atoms with Gasteiger partial charge in [-0.1, -0.05) is 6.07 Å². The number of carbonyl (C=O) groups is 2. The molecule has 0 bridgehead atoms. The van der Waals surface area contributed by atoms with Crippen LogP contribution in [-0.2, 0) is 11.2 Å². The Morgan fingerprint density at radius 3 is 2.89 bits per heavy atom. The van der Waals surface area contributed by atoms with E-state index in [4.69, 9.17) is 15.1 Å². The number of fused-ring (bicyclic) bond motifs is 1. The third kappa shape index (κ3) is 4.25. The molecule has 149 valence electrons. The molecule has 4 rings (SSSR count). The Bertz CT molecular complexity index is 764. The smallest absolute Gasteiger partial charge is 0.370 e. The van der Waals surface area contributed by atoms with Crippen LogP contribution in [0.25, 0.3) is 0 Å². The number of hydrogen-bond acceptors (Lipinski definition) is 6. The number of carboxylic acids is 1. The molecule has 4 N–H and O–H groups in total. The summed E-state index contributed by atoms with van der Waals surface area (Å²) >= 11 is 0. The number of nitrogens with zero attached hydrogens (tertiary/aromatic N) is 1. The van der Waals surface area contributed by atoms with Crippen molar-refractivity contribution < 1.29 is 24.1 Å². The number of carboxylic acid groups (broad SMARTS) is 1. The van der Waals surface area contributed by atoms with Crippen molar-refractivity contribution >= 4 is 19.4 Å². The molecule has 0 spiro atoms. The van der Waals surface area contributed by atoms with Gasteiger partial charge >= 0.3 is 13.5 Å². The number of amides is 1. The first-order valence-electron chi connectivity index (χ1n) is 9.81. The second-order valence-electron chi connectivity index (χ2n) is 7.81. The van der Waals surface area contributed by atoms with Crippen LogP contribution in [0.3, 0.4) is 0 Å². The van der Waals surface area contributed by atoms with Crippen molar-refractivity contribution in [2.45, 2.75) is 37.7 Å². The van der Waals surface area contributed by atoms with E-state index < -0.39 is 12.0 Å². The molecule has 1 aliphatic carbocycles. The first-order chi connectivity index (χ1) is 13.5. The van der Waals surface area contributed by atoms with E-state index in [0.717, 1.165) is 18.3 Å². The predicted molar refractivity (Wildman–Crippen MR) is 103 cm³/mol. The lowest BCUT2D eigenvalue weighted by atomic mass is 9.85. The Balaban J connectivity index is 1.29. The summed E-state index contributed by atoms with van der Waals surface area (Å²) in [7, 11) is 1.62. The van der Waals surface area contributed by atoms with E-state index >= 15 is 0 Å². The van der Waals surface area contributed by atoms with E-state index in [1.165, 1.54) is 12.8 Å². The minimum absolute atomic E-state index is 0.0723. The van der Waals surface area contributed by atoms with Crippen LogP contribution >= 0.6 is 0 Å². The van der Waals surface area contributed by atoms with Crippen LogP contribution in [0.15, 0.2) is 12.1 Å². The van der Waals surface area contributed by atoms with Gasteiger partial charge in [-0.25, -0.2) is 4.79 Å². The van der Waals surface area contributed by atoms with Gasteiger partial charge in [-0.2, -0.15) is 0 Å². The zero-order chi connectivity index (χ0) is 19.7. The molecular formula is C19H25BN3O5. The number of hydrogen-bond donors (Lipinski definition) is 3. The fourth-order valence-corrected chi connectivity index (χ4v) is 3.58. The third-order valence-electron chi connectivity index (χ3n) is 5.42. The number of nitrogens with two attached hydrogens (primary N) is 1. The van der Waals surface area contributed by atoms with Crippen molar-refractivity contribution in [3.8, 4) is 11.5 Å². The van der Waals surface area contributed by atoms with Gasteiger partial charge in [-0.15, -0.1) is 0 Å². The Kier molecular flexibility index (Phi) is 5.46. The van der Waals surface area contributed by atoms with Crippen LogP contribution in [0.5, 0.6) is 11.5 Å². The zero-order valence-electron chi connectivity index (χ0n) is 15.7. The largest absolute Gasteiger partial charge is 0.562 e. The van der Waals surface area contributed by atoms with Gasteiger partial charge in [0.25, 0.3) is 0 Å². The molecule has 0 aromatic heterocycles. The first-order valence-corrected chi connectivity index (χ1v) is 9.81. The summed E-state index contributed by atoms with van der Waals surface area (Å²) in [5.41, 5.74) is 6.93. The molecule has 1 saturated heterocycles. The van der Waals surface area contributed by atoms with Gasteiger partial charge in [-0.3, -0.25) is 9.69 Å². The molecule has 1 aromatic carbocycles. The van der Waals surface area contributed by atoms with Crippen molar-refractivity contribution in [2.75, 3.05) is 26.2 Å². The monoisotopic (exact) mass is 386 g/mol. The maximum Gasteiger partial charge on any atom is 0.370 e. The van der Waals surface area contributed by atoms with E-state index in [1.54, 1.807) is 13.5 Å². The van der Waals surface area contributed by atoms with Crippen molar-refractivity contribution in [2.24, 2.45) is 11.7 Å². The second kappa shape index (κ2) is 8.01. The van der Waals surface area contributed by atoms with Crippen molar-refractivity contribution in [1.82, 2.24) is 10.2 Å². The minimum atomic E-state index is -1.06. The van der Waals surface area contributed by atoms with E-state index in [1.807, 2.05) is 11.0 Å². The molecule has 1 saturated carbocycles. The maximum atomic E-state index is 12.0. The van der Waals surface area contributed by atoms with Crippen molar-refractivity contribution in [1.29, 1.82) is 0 Å². The highest BCUT2D eigenvalue weighted by atomic mass is 16.5. The number of carbonyl (C=O) groups excluding carboxylic acids is 1. The molecule has 1 aromatic rings.